The topological polar surface area (TPSA) is 46.6 Å². The van der Waals surface area contributed by atoms with Crippen molar-refractivity contribution in [3.8, 4) is 0 Å². The zero-order valence-corrected chi connectivity index (χ0v) is 18.4. The van der Waals surface area contributed by atoms with Gasteiger partial charge in [-0.2, -0.15) is 0 Å². The molecule has 0 aromatic heterocycles. The fraction of sp³-hybridized carbons (Fsp3) is 0.364. The predicted octanol–water partition coefficient (Wildman–Crippen LogP) is 4.77. The van der Waals surface area contributed by atoms with Crippen LogP contribution < -0.4 is 0 Å². The molecule has 3 rings (SSSR count). The van der Waals surface area contributed by atoms with Crippen LogP contribution in [0.2, 0.25) is 0 Å². The molecule has 0 spiro atoms. The molecule has 0 N–H and O–H groups in total. The van der Waals surface area contributed by atoms with E-state index in [0.717, 1.165) is 10.0 Å². The van der Waals surface area contributed by atoms with Crippen LogP contribution in [0.3, 0.4) is 0 Å². The molecule has 28 heavy (non-hydrogen) atoms. The molecule has 2 aromatic rings. The molecule has 6 heteroatoms. The minimum atomic E-state index is -0.561. The molecule has 148 valence electrons. The summed E-state index contributed by atoms with van der Waals surface area (Å²) in [6.07, 6.45) is 0.696. The Morgan fingerprint density at radius 3 is 2.46 bits per heavy atom. The van der Waals surface area contributed by atoms with Gasteiger partial charge in [0.2, 0.25) is 0 Å². The van der Waals surface area contributed by atoms with E-state index in [0.29, 0.717) is 24.3 Å². The molecule has 1 saturated heterocycles. The van der Waals surface area contributed by atoms with Gasteiger partial charge in [-0.3, -0.25) is 4.79 Å². The largest absolute Gasteiger partial charge is 0.464 e. The number of thioether (sulfide) groups is 1. The van der Waals surface area contributed by atoms with Gasteiger partial charge in [0.05, 0.1) is 12.0 Å². The Morgan fingerprint density at radius 2 is 1.82 bits per heavy atom. The summed E-state index contributed by atoms with van der Waals surface area (Å²) in [7, 11) is 0. The van der Waals surface area contributed by atoms with Crippen LogP contribution in [0.4, 0.5) is 0 Å². The molecule has 2 atom stereocenters. The molecule has 2 aromatic carbocycles. The maximum Gasteiger partial charge on any atom is 0.329 e. The number of carbonyl (C=O) groups excluding carboxylic acids is 2. The predicted molar refractivity (Wildman–Crippen MR) is 116 cm³/mol. The Kier molecular flexibility index (Phi) is 7.18. The summed E-state index contributed by atoms with van der Waals surface area (Å²) in [5.74, 6) is 0.359. The normalized spacial score (nSPS) is 19.1. The van der Waals surface area contributed by atoms with Gasteiger partial charge >= 0.3 is 5.97 Å². The number of nitrogens with zero attached hydrogens (tertiary/aromatic N) is 1. The van der Waals surface area contributed by atoms with Crippen molar-refractivity contribution in [1.82, 2.24) is 4.90 Å². The Bertz CT molecular complexity index is 810. The van der Waals surface area contributed by atoms with E-state index >= 15 is 0 Å². The monoisotopic (exact) mass is 461 g/mol. The molecule has 1 amide bonds. The van der Waals surface area contributed by atoms with E-state index < -0.39 is 6.04 Å². The number of rotatable bonds is 6. The van der Waals surface area contributed by atoms with Crippen LogP contribution in [0.1, 0.15) is 29.8 Å². The summed E-state index contributed by atoms with van der Waals surface area (Å²) >= 11 is 5.04. The Hall–Kier alpha value is -1.79. The number of benzene rings is 2. The van der Waals surface area contributed by atoms with Crippen molar-refractivity contribution < 1.29 is 14.3 Å². The lowest BCUT2D eigenvalue weighted by Gasteiger charge is -2.29. The zero-order valence-electron chi connectivity index (χ0n) is 16.0. The maximum atomic E-state index is 13.3. The van der Waals surface area contributed by atoms with Crippen LogP contribution in [-0.2, 0) is 16.0 Å². The van der Waals surface area contributed by atoms with Crippen LogP contribution >= 0.6 is 27.7 Å². The summed E-state index contributed by atoms with van der Waals surface area (Å²) in [6.45, 7) is 4.36. The number of halogens is 1. The minimum absolute atomic E-state index is 0.102. The number of hydrogen-bond donors (Lipinski definition) is 0. The lowest BCUT2D eigenvalue weighted by molar-refractivity contribution is -0.149. The standard InChI is InChI=1S/C22H24BrNO3S/c1-15(2)13-27-22(26)19-14-28-20(12-16-6-4-3-5-7-16)24(19)21(25)17-8-10-18(23)11-9-17/h3-11,15,19-20H,12-14H2,1-2H3. The molecule has 0 aliphatic carbocycles. The lowest BCUT2D eigenvalue weighted by Crippen LogP contribution is -2.47. The lowest BCUT2D eigenvalue weighted by atomic mass is 10.1. The van der Waals surface area contributed by atoms with Crippen LogP contribution in [0.25, 0.3) is 0 Å². The summed E-state index contributed by atoms with van der Waals surface area (Å²) in [5.41, 5.74) is 1.72. The van der Waals surface area contributed by atoms with E-state index in [1.807, 2.05) is 56.3 Å². The molecule has 2 unspecified atom stereocenters. The summed E-state index contributed by atoms with van der Waals surface area (Å²) in [5, 5.41) is -0.102. The van der Waals surface area contributed by atoms with Gasteiger partial charge in [-0.15, -0.1) is 11.8 Å². The zero-order chi connectivity index (χ0) is 20.1. The number of hydrogen-bond acceptors (Lipinski definition) is 4. The molecular formula is C22H24BrNO3S. The number of esters is 1. The Morgan fingerprint density at radius 1 is 1.14 bits per heavy atom. The SMILES string of the molecule is CC(C)COC(=O)C1CSC(Cc2ccccc2)N1C(=O)c1ccc(Br)cc1. The fourth-order valence-electron chi connectivity index (χ4n) is 3.08. The van der Waals surface area contributed by atoms with Gasteiger partial charge in [0, 0.05) is 22.2 Å². The van der Waals surface area contributed by atoms with Crippen molar-refractivity contribution in [3.05, 3.63) is 70.2 Å². The van der Waals surface area contributed by atoms with Gasteiger partial charge < -0.3 is 9.64 Å². The van der Waals surface area contributed by atoms with Crippen LogP contribution in [0, 0.1) is 5.92 Å². The number of ether oxygens (including phenoxy) is 1. The first-order valence-corrected chi connectivity index (χ1v) is 11.2. The van der Waals surface area contributed by atoms with E-state index in [-0.39, 0.29) is 23.2 Å². The third kappa shape index (κ3) is 5.17. The molecule has 0 bridgehead atoms. The first-order chi connectivity index (χ1) is 13.5. The maximum absolute atomic E-state index is 13.3. The quantitative estimate of drug-likeness (QED) is 0.580. The van der Waals surface area contributed by atoms with Crippen molar-refractivity contribution >= 4 is 39.6 Å². The highest BCUT2D eigenvalue weighted by molar-refractivity contribution is 9.10. The van der Waals surface area contributed by atoms with Crippen molar-refractivity contribution in [2.24, 2.45) is 5.92 Å². The summed E-state index contributed by atoms with van der Waals surface area (Å²) < 4.78 is 6.38. The molecular weight excluding hydrogens is 438 g/mol. The average Bonchev–Trinajstić information content (AvgIpc) is 3.10. The average molecular weight is 462 g/mol. The number of amides is 1. The van der Waals surface area contributed by atoms with E-state index in [9.17, 15) is 9.59 Å². The fourth-order valence-corrected chi connectivity index (χ4v) is 4.76. The Balaban J connectivity index is 1.84. The Labute approximate surface area is 178 Å². The van der Waals surface area contributed by atoms with Crippen molar-refractivity contribution in [2.45, 2.75) is 31.7 Å². The van der Waals surface area contributed by atoms with Gasteiger partial charge in [-0.05, 0) is 35.7 Å². The molecule has 0 radical (unpaired) electrons. The highest BCUT2D eigenvalue weighted by atomic mass is 79.9. The second-order valence-electron chi connectivity index (χ2n) is 7.24. The van der Waals surface area contributed by atoms with Gasteiger partial charge in [-0.25, -0.2) is 4.79 Å². The van der Waals surface area contributed by atoms with Crippen molar-refractivity contribution in [2.75, 3.05) is 12.4 Å². The molecule has 1 aliphatic rings. The smallest absolute Gasteiger partial charge is 0.329 e. The highest BCUT2D eigenvalue weighted by Crippen LogP contribution is 2.34. The van der Waals surface area contributed by atoms with Crippen molar-refractivity contribution in [1.29, 1.82) is 0 Å². The van der Waals surface area contributed by atoms with Gasteiger partial charge in [0.25, 0.3) is 5.91 Å². The highest BCUT2D eigenvalue weighted by Gasteiger charge is 2.42. The van der Waals surface area contributed by atoms with E-state index in [2.05, 4.69) is 15.9 Å². The molecule has 1 aliphatic heterocycles. The van der Waals surface area contributed by atoms with Crippen molar-refractivity contribution in [3.63, 3.8) is 0 Å². The second-order valence-corrected chi connectivity index (χ2v) is 9.36. The first kappa shape index (κ1) is 20.9. The van der Waals surface area contributed by atoms with E-state index in [4.69, 9.17) is 4.74 Å². The molecule has 0 saturated carbocycles. The summed E-state index contributed by atoms with van der Waals surface area (Å²) in [4.78, 5) is 27.7. The minimum Gasteiger partial charge on any atom is -0.464 e. The van der Waals surface area contributed by atoms with E-state index in [1.165, 1.54) is 0 Å². The van der Waals surface area contributed by atoms with Gasteiger partial charge in [-0.1, -0.05) is 60.1 Å². The number of carbonyl (C=O) groups is 2. The first-order valence-electron chi connectivity index (χ1n) is 9.36. The van der Waals surface area contributed by atoms with Gasteiger partial charge in [0.1, 0.15) is 6.04 Å². The molecule has 4 nitrogen and oxygen atoms in total. The molecule has 1 heterocycles. The third-order valence-corrected chi connectivity index (χ3v) is 6.32. The van der Waals surface area contributed by atoms with Gasteiger partial charge in [0.15, 0.2) is 0 Å². The second kappa shape index (κ2) is 9.61. The van der Waals surface area contributed by atoms with Crippen LogP contribution in [0.5, 0.6) is 0 Å². The summed E-state index contributed by atoms with van der Waals surface area (Å²) in [6, 6.07) is 16.7. The van der Waals surface area contributed by atoms with E-state index in [1.54, 1.807) is 28.8 Å². The third-order valence-electron chi connectivity index (χ3n) is 4.50. The van der Waals surface area contributed by atoms with Crippen LogP contribution in [0.15, 0.2) is 59.1 Å². The van der Waals surface area contributed by atoms with Crippen LogP contribution in [-0.4, -0.2) is 40.6 Å². The molecule has 1 fully saturated rings.